The fraction of sp³-hybridized carbons (Fsp3) is 0.217. The van der Waals surface area contributed by atoms with E-state index in [-0.39, 0.29) is 11.1 Å². The third-order valence-corrected chi connectivity index (χ3v) is 4.89. The Morgan fingerprint density at radius 2 is 1.58 bits per heavy atom. The Kier molecular flexibility index (Phi) is 6.66. The molecular weight excluding hydrogens is 448 g/mol. The molecule has 174 valence electrons. The summed E-state index contributed by atoms with van der Waals surface area (Å²) in [7, 11) is 3.51. The lowest BCUT2D eigenvalue weighted by Gasteiger charge is -2.23. The van der Waals surface area contributed by atoms with E-state index in [4.69, 9.17) is 0 Å². The lowest BCUT2D eigenvalue weighted by molar-refractivity contribution is -0.139. The van der Waals surface area contributed by atoms with Gasteiger partial charge in [-0.2, -0.15) is 26.3 Å². The summed E-state index contributed by atoms with van der Waals surface area (Å²) in [5, 5.41) is 2.50. The van der Waals surface area contributed by atoms with E-state index >= 15 is 0 Å². The van der Waals surface area contributed by atoms with Gasteiger partial charge in [0.05, 0.1) is 22.9 Å². The van der Waals surface area contributed by atoms with Crippen LogP contribution in [-0.4, -0.2) is 25.0 Å². The quantitative estimate of drug-likeness (QED) is 0.490. The van der Waals surface area contributed by atoms with Crippen molar-refractivity contribution < 1.29 is 31.1 Å². The normalized spacial score (nSPS) is 12.8. The minimum Gasteiger partial charge on any atom is -0.378 e. The molecule has 2 aromatic carbocycles. The summed E-state index contributed by atoms with van der Waals surface area (Å²) in [5.74, 6) is -0.706. The average molecular weight is 467 g/mol. The molecule has 1 heterocycles. The van der Waals surface area contributed by atoms with Crippen LogP contribution in [0.5, 0.6) is 0 Å². The second-order valence-electron chi connectivity index (χ2n) is 7.40. The molecule has 0 saturated heterocycles. The topological polar surface area (TPSA) is 45.2 Å². The van der Waals surface area contributed by atoms with Crippen LogP contribution in [0.15, 0.2) is 66.9 Å². The molecule has 3 rings (SSSR count). The van der Waals surface area contributed by atoms with Crippen molar-refractivity contribution >= 4 is 11.6 Å². The first kappa shape index (κ1) is 24.1. The number of alkyl halides is 6. The number of benzene rings is 2. The lowest BCUT2D eigenvalue weighted by atomic mass is 9.97. The molecule has 1 aromatic heterocycles. The number of anilines is 1. The lowest BCUT2D eigenvalue weighted by Crippen LogP contribution is -2.32. The Bertz CT molecular complexity index is 1120. The zero-order chi connectivity index (χ0) is 24.4. The number of halogens is 6. The van der Waals surface area contributed by atoms with Gasteiger partial charge in [0, 0.05) is 31.5 Å². The van der Waals surface area contributed by atoms with Gasteiger partial charge in [-0.05, 0) is 48.0 Å². The van der Waals surface area contributed by atoms with Gasteiger partial charge in [-0.25, -0.2) is 0 Å². The maximum Gasteiger partial charge on any atom is 0.418 e. The number of nitrogens with one attached hydrogen (secondary N) is 1. The molecule has 0 radical (unpaired) electrons. The Hall–Kier alpha value is -3.56. The molecule has 0 aliphatic rings. The second kappa shape index (κ2) is 9.13. The maximum atomic E-state index is 13.6. The van der Waals surface area contributed by atoms with Crippen LogP contribution in [0.3, 0.4) is 0 Å². The van der Waals surface area contributed by atoms with Crippen LogP contribution in [0.25, 0.3) is 0 Å². The highest BCUT2D eigenvalue weighted by Crippen LogP contribution is 2.36. The van der Waals surface area contributed by atoms with E-state index in [0.29, 0.717) is 5.69 Å². The van der Waals surface area contributed by atoms with E-state index < -0.39 is 41.1 Å². The number of amides is 1. The van der Waals surface area contributed by atoms with E-state index in [0.717, 1.165) is 42.6 Å². The van der Waals surface area contributed by atoms with Gasteiger partial charge in [-0.1, -0.05) is 18.2 Å². The van der Waals surface area contributed by atoms with Gasteiger partial charge in [0.25, 0.3) is 5.91 Å². The van der Waals surface area contributed by atoms with Gasteiger partial charge in [0.1, 0.15) is 0 Å². The fourth-order valence-electron chi connectivity index (χ4n) is 3.20. The SMILES string of the molecule is CN(C)c1cccc(C(=O)N[C@@H](c2ccc(C(F)(F)F)cc2)c2ncccc2C(F)(F)F)c1. The van der Waals surface area contributed by atoms with Crippen molar-refractivity contribution in [3.63, 3.8) is 0 Å². The summed E-state index contributed by atoms with van der Waals surface area (Å²) in [6, 6.07) is 10.4. The number of aromatic nitrogens is 1. The molecule has 0 spiro atoms. The predicted molar refractivity (Wildman–Crippen MR) is 111 cm³/mol. The number of hydrogen-bond acceptors (Lipinski definition) is 3. The van der Waals surface area contributed by atoms with E-state index in [9.17, 15) is 31.1 Å². The van der Waals surface area contributed by atoms with E-state index in [1.165, 1.54) is 6.07 Å². The summed E-state index contributed by atoms with van der Waals surface area (Å²) in [6.07, 6.45) is -8.28. The Morgan fingerprint density at radius 1 is 0.909 bits per heavy atom. The molecule has 33 heavy (non-hydrogen) atoms. The standard InChI is InChI=1S/C23H19F6N3O/c1-32(2)17-6-3-5-15(13-17)21(33)31-19(14-8-10-16(11-9-14)22(24,25)26)20-18(23(27,28)29)7-4-12-30-20/h3-13,19H,1-2H3,(H,31,33)/t19-/m0/s1. The van der Waals surface area contributed by atoms with Gasteiger partial charge in [0.15, 0.2) is 0 Å². The summed E-state index contributed by atoms with van der Waals surface area (Å²) in [4.78, 5) is 18.5. The third kappa shape index (κ3) is 5.63. The highest BCUT2D eigenvalue weighted by Gasteiger charge is 2.37. The zero-order valence-electron chi connectivity index (χ0n) is 17.5. The first-order chi connectivity index (χ1) is 15.4. The number of nitrogens with zero attached hydrogens (tertiary/aromatic N) is 2. The minimum atomic E-state index is -4.79. The number of carbonyl (C=O) groups excluding carboxylic acids is 1. The highest BCUT2D eigenvalue weighted by atomic mass is 19.4. The fourth-order valence-corrected chi connectivity index (χ4v) is 3.20. The van der Waals surface area contributed by atoms with Gasteiger partial charge in [-0.15, -0.1) is 0 Å². The molecule has 0 aliphatic heterocycles. The van der Waals surface area contributed by atoms with Gasteiger partial charge < -0.3 is 10.2 Å². The molecule has 0 unspecified atom stereocenters. The molecule has 0 bridgehead atoms. The predicted octanol–water partition coefficient (Wildman–Crippen LogP) is 5.70. The van der Waals surface area contributed by atoms with Crippen molar-refractivity contribution in [1.82, 2.24) is 10.3 Å². The number of hydrogen-bond donors (Lipinski definition) is 1. The van der Waals surface area contributed by atoms with Crippen LogP contribution >= 0.6 is 0 Å². The molecule has 10 heteroatoms. The van der Waals surface area contributed by atoms with Crippen LogP contribution in [0.2, 0.25) is 0 Å². The van der Waals surface area contributed by atoms with Gasteiger partial charge in [0.2, 0.25) is 0 Å². The van der Waals surface area contributed by atoms with E-state index in [1.54, 1.807) is 37.2 Å². The molecule has 0 fully saturated rings. The molecule has 4 nitrogen and oxygen atoms in total. The number of pyridine rings is 1. The van der Waals surface area contributed by atoms with Crippen LogP contribution < -0.4 is 10.2 Å². The van der Waals surface area contributed by atoms with Crippen molar-refractivity contribution in [3.05, 3.63) is 94.8 Å². The summed E-state index contributed by atoms with van der Waals surface area (Å²) >= 11 is 0. The second-order valence-corrected chi connectivity index (χ2v) is 7.40. The monoisotopic (exact) mass is 467 g/mol. The summed E-state index contributed by atoms with van der Waals surface area (Å²) in [5.41, 5.74) is -1.72. The summed E-state index contributed by atoms with van der Waals surface area (Å²) < 4.78 is 79.8. The van der Waals surface area contributed by atoms with E-state index in [1.807, 2.05) is 0 Å². The van der Waals surface area contributed by atoms with Crippen molar-refractivity contribution in [1.29, 1.82) is 0 Å². The van der Waals surface area contributed by atoms with Crippen LogP contribution in [0.1, 0.15) is 38.8 Å². The van der Waals surface area contributed by atoms with Crippen LogP contribution in [0.4, 0.5) is 32.0 Å². The van der Waals surface area contributed by atoms with Gasteiger partial charge in [-0.3, -0.25) is 9.78 Å². The molecule has 0 saturated carbocycles. The third-order valence-electron chi connectivity index (χ3n) is 4.89. The van der Waals surface area contributed by atoms with E-state index in [2.05, 4.69) is 10.3 Å². The molecule has 1 N–H and O–H groups in total. The Balaban J connectivity index is 2.07. The number of rotatable bonds is 5. The van der Waals surface area contributed by atoms with Crippen LogP contribution in [-0.2, 0) is 12.4 Å². The zero-order valence-corrected chi connectivity index (χ0v) is 17.5. The smallest absolute Gasteiger partial charge is 0.378 e. The largest absolute Gasteiger partial charge is 0.418 e. The molecule has 1 atom stereocenters. The maximum absolute atomic E-state index is 13.6. The average Bonchev–Trinajstić information content (AvgIpc) is 2.76. The summed E-state index contributed by atoms with van der Waals surface area (Å²) in [6.45, 7) is 0. The number of carbonyl (C=O) groups is 1. The van der Waals surface area contributed by atoms with Crippen molar-refractivity contribution in [2.24, 2.45) is 0 Å². The molecule has 0 aliphatic carbocycles. The van der Waals surface area contributed by atoms with Crippen molar-refractivity contribution in [2.75, 3.05) is 19.0 Å². The Morgan fingerprint density at radius 3 is 2.15 bits per heavy atom. The van der Waals surface area contributed by atoms with Gasteiger partial charge >= 0.3 is 12.4 Å². The minimum absolute atomic E-state index is 0.0179. The first-order valence-corrected chi connectivity index (χ1v) is 9.65. The van der Waals surface area contributed by atoms with Crippen molar-refractivity contribution in [3.8, 4) is 0 Å². The highest BCUT2D eigenvalue weighted by molar-refractivity contribution is 5.95. The first-order valence-electron chi connectivity index (χ1n) is 9.65. The Labute approximate surface area is 185 Å². The van der Waals surface area contributed by atoms with Crippen LogP contribution in [0, 0.1) is 0 Å². The molecule has 3 aromatic rings. The van der Waals surface area contributed by atoms with Crippen molar-refractivity contribution in [2.45, 2.75) is 18.4 Å². The molecular formula is C23H19F6N3O. The molecule has 1 amide bonds.